The number of nitrogens with one attached hydrogen (secondary N) is 1. The molecule has 0 saturated heterocycles. The van der Waals surface area contributed by atoms with E-state index in [2.05, 4.69) is 14.8 Å². The number of amides is 1. The van der Waals surface area contributed by atoms with Gasteiger partial charge in [0, 0.05) is 31.2 Å². The van der Waals surface area contributed by atoms with Crippen LogP contribution in [0.4, 0.5) is 5.69 Å². The molecule has 0 spiro atoms. The van der Waals surface area contributed by atoms with Crippen LogP contribution in [0.3, 0.4) is 0 Å². The van der Waals surface area contributed by atoms with Gasteiger partial charge in [-0.15, -0.1) is 0 Å². The zero-order valence-electron chi connectivity index (χ0n) is 24.2. The number of aromatic nitrogens is 1. The Labute approximate surface area is 241 Å². The number of benzene rings is 2. The fraction of sp³-hybridized carbons (Fsp3) is 0.448. The lowest BCUT2D eigenvalue weighted by molar-refractivity contribution is 0.0341. The first-order valence-electron chi connectivity index (χ1n) is 13.4. The molecule has 0 radical (unpaired) electrons. The fourth-order valence-electron chi connectivity index (χ4n) is 4.98. The number of aryl methyl sites for hydroxylation is 2. The highest BCUT2D eigenvalue weighted by Gasteiger charge is 2.34. The molecule has 2 aromatic carbocycles. The summed E-state index contributed by atoms with van der Waals surface area (Å²) in [6.45, 7) is 8.27. The first kappa shape index (κ1) is 30.4. The Hall–Kier alpha value is -3.61. The number of nitrogens with zero attached hydrogens (tertiary/aromatic N) is 3. The van der Waals surface area contributed by atoms with Crippen molar-refractivity contribution in [1.29, 1.82) is 0 Å². The Morgan fingerprint density at radius 1 is 1.22 bits per heavy atom. The van der Waals surface area contributed by atoms with Gasteiger partial charge in [-0.25, -0.2) is 8.42 Å². The number of carbonyl (C=O) groups excluding carboxylic acids is 1. The minimum atomic E-state index is -4.02. The van der Waals surface area contributed by atoms with Crippen LogP contribution in [-0.4, -0.2) is 80.4 Å². The van der Waals surface area contributed by atoms with Crippen molar-refractivity contribution in [2.24, 2.45) is 5.92 Å². The quantitative estimate of drug-likeness (QED) is 0.366. The summed E-state index contributed by atoms with van der Waals surface area (Å²) in [6.07, 6.45) is -0.289. The predicted octanol–water partition coefficient (Wildman–Crippen LogP) is 3.45. The Morgan fingerprint density at radius 3 is 2.54 bits per heavy atom. The normalized spacial score (nSPS) is 18.3. The molecule has 0 aliphatic carbocycles. The van der Waals surface area contributed by atoms with Crippen LogP contribution < -0.4 is 14.2 Å². The van der Waals surface area contributed by atoms with E-state index in [1.165, 1.54) is 13.0 Å². The van der Waals surface area contributed by atoms with Gasteiger partial charge in [-0.2, -0.15) is 0 Å². The molecule has 2 heterocycles. The van der Waals surface area contributed by atoms with Gasteiger partial charge in [0.05, 0.1) is 25.3 Å². The van der Waals surface area contributed by atoms with Gasteiger partial charge < -0.3 is 24.0 Å². The van der Waals surface area contributed by atoms with Gasteiger partial charge >= 0.3 is 0 Å². The summed E-state index contributed by atoms with van der Waals surface area (Å²) in [7, 11) is -0.383. The molecule has 3 atom stereocenters. The standard InChI is InChI=1S/C29H38N4O7S/c1-18-14-33(19(2)17-34)29(35)25-13-23(31-41(36,37)28-20(3)30-40-21(28)4)9-12-26(25)39-27(18)16-32(5)15-22-7-10-24(38-6)11-8-22/h7-13,18-19,27,31,34H,14-17H2,1-6H3/t18-,19-,27+/m1/s1. The summed E-state index contributed by atoms with van der Waals surface area (Å²) in [5.74, 6) is 0.897. The third-order valence-electron chi connectivity index (χ3n) is 7.26. The monoisotopic (exact) mass is 586 g/mol. The molecule has 4 rings (SSSR count). The van der Waals surface area contributed by atoms with E-state index >= 15 is 0 Å². The van der Waals surface area contributed by atoms with Gasteiger partial charge in [0.2, 0.25) is 0 Å². The molecule has 1 aliphatic heterocycles. The van der Waals surface area contributed by atoms with Crippen LogP contribution in [0.5, 0.6) is 11.5 Å². The van der Waals surface area contributed by atoms with Crippen LogP contribution in [-0.2, 0) is 16.6 Å². The minimum Gasteiger partial charge on any atom is -0.497 e. The number of aliphatic hydroxyl groups excluding tert-OH is 1. The highest BCUT2D eigenvalue weighted by atomic mass is 32.2. The second-order valence-electron chi connectivity index (χ2n) is 10.6. The second-order valence-corrected chi connectivity index (χ2v) is 12.3. The number of likely N-dealkylation sites (N-methyl/N-ethyl adjacent to an activating group) is 1. The van der Waals surface area contributed by atoms with Crippen molar-refractivity contribution in [1.82, 2.24) is 15.0 Å². The SMILES string of the molecule is COc1ccc(CN(C)C[C@@H]2Oc3ccc(NS(=O)(=O)c4c(C)noc4C)cc3C(=O)N([C@H](C)CO)C[C@H]2C)cc1. The lowest BCUT2D eigenvalue weighted by atomic mass is 9.99. The first-order valence-corrected chi connectivity index (χ1v) is 14.9. The van der Waals surface area contributed by atoms with E-state index in [4.69, 9.17) is 14.0 Å². The topological polar surface area (TPSA) is 134 Å². The summed E-state index contributed by atoms with van der Waals surface area (Å²) in [5, 5.41) is 13.7. The van der Waals surface area contributed by atoms with E-state index in [1.807, 2.05) is 38.2 Å². The smallest absolute Gasteiger partial charge is 0.267 e. The van der Waals surface area contributed by atoms with E-state index < -0.39 is 16.1 Å². The third kappa shape index (κ3) is 6.83. The Bertz CT molecular complexity index is 1450. The van der Waals surface area contributed by atoms with E-state index in [-0.39, 0.29) is 52.1 Å². The molecule has 2 N–H and O–H groups in total. The van der Waals surface area contributed by atoms with Crippen LogP contribution in [0.1, 0.15) is 41.2 Å². The third-order valence-corrected chi connectivity index (χ3v) is 8.88. The van der Waals surface area contributed by atoms with Gasteiger partial charge in [-0.3, -0.25) is 14.4 Å². The molecule has 41 heavy (non-hydrogen) atoms. The molecular weight excluding hydrogens is 548 g/mol. The zero-order valence-corrected chi connectivity index (χ0v) is 25.1. The molecule has 0 unspecified atom stereocenters. The molecule has 11 nitrogen and oxygen atoms in total. The number of aliphatic hydroxyl groups is 1. The number of rotatable bonds is 10. The van der Waals surface area contributed by atoms with E-state index in [0.29, 0.717) is 25.4 Å². The first-order chi connectivity index (χ1) is 19.4. The van der Waals surface area contributed by atoms with Crippen molar-refractivity contribution >= 4 is 21.6 Å². The maximum absolute atomic E-state index is 13.7. The number of carbonyl (C=O) groups is 1. The van der Waals surface area contributed by atoms with Crippen molar-refractivity contribution in [2.45, 2.75) is 51.3 Å². The van der Waals surface area contributed by atoms with Gasteiger partial charge in [0.25, 0.3) is 15.9 Å². The highest BCUT2D eigenvalue weighted by molar-refractivity contribution is 7.92. The molecule has 3 aromatic rings. The highest BCUT2D eigenvalue weighted by Crippen LogP contribution is 2.32. The van der Waals surface area contributed by atoms with Crippen molar-refractivity contribution in [2.75, 3.05) is 38.6 Å². The number of fused-ring (bicyclic) bond motifs is 1. The molecule has 12 heteroatoms. The van der Waals surface area contributed by atoms with Crippen LogP contribution in [0.2, 0.25) is 0 Å². The zero-order chi connectivity index (χ0) is 29.9. The number of sulfonamides is 1. The lowest BCUT2D eigenvalue weighted by Crippen LogP contribution is -2.49. The molecule has 1 aliphatic rings. The summed E-state index contributed by atoms with van der Waals surface area (Å²) < 4.78 is 45.5. The molecule has 222 valence electrons. The number of ether oxygens (including phenoxy) is 2. The molecule has 1 aromatic heterocycles. The summed E-state index contributed by atoms with van der Waals surface area (Å²) in [6, 6.07) is 12.1. The maximum atomic E-state index is 13.7. The Morgan fingerprint density at radius 2 is 1.93 bits per heavy atom. The number of hydrogen-bond acceptors (Lipinski definition) is 9. The Kier molecular flexibility index (Phi) is 9.25. The van der Waals surface area contributed by atoms with Gasteiger partial charge in [-0.05, 0) is 63.7 Å². The minimum absolute atomic E-state index is 0.0452. The molecular formula is C29H38N4O7S. The van der Waals surface area contributed by atoms with E-state index in [9.17, 15) is 18.3 Å². The fourth-order valence-corrected chi connectivity index (χ4v) is 6.36. The van der Waals surface area contributed by atoms with E-state index in [1.54, 1.807) is 38.0 Å². The molecule has 0 fully saturated rings. The van der Waals surface area contributed by atoms with Gasteiger partial charge in [-0.1, -0.05) is 24.2 Å². The maximum Gasteiger partial charge on any atom is 0.267 e. The van der Waals surface area contributed by atoms with Crippen LogP contribution in [0.25, 0.3) is 0 Å². The van der Waals surface area contributed by atoms with E-state index in [0.717, 1.165) is 11.3 Å². The molecule has 0 saturated carbocycles. The number of hydrogen-bond donors (Lipinski definition) is 2. The summed E-state index contributed by atoms with van der Waals surface area (Å²) in [4.78, 5) is 17.5. The lowest BCUT2D eigenvalue weighted by Gasteiger charge is -2.38. The van der Waals surface area contributed by atoms with Crippen molar-refractivity contribution in [3.05, 3.63) is 65.0 Å². The summed E-state index contributed by atoms with van der Waals surface area (Å²) >= 11 is 0. The van der Waals surface area contributed by atoms with Gasteiger partial charge in [0.1, 0.15) is 23.3 Å². The van der Waals surface area contributed by atoms with Crippen LogP contribution >= 0.6 is 0 Å². The summed E-state index contributed by atoms with van der Waals surface area (Å²) in [5.41, 5.74) is 1.75. The molecule has 0 bridgehead atoms. The molecule has 1 amide bonds. The van der Waals surface area contributed by atoms with Crippen LogP contribution in [0.15, 0.2) is 51.9 Å². The van der Waals surface area contributed by atoms with Crippen molar-refractivity contribution in [3.63, 3.8) is 0 Å². The Balaban J connectivity index is 1.62. The average Bonchev–Trinajstić information content (AvgIpc) is 3.29. The number of anilines is 1. The number of methoxy groups -OCH3 is 1. The average molecular weight is 587 g/mol. The predicted molar refractivity (Wildman–Crippen MR) is 154 cm³/mol. The second kappa shape index (κ2) is 12.5. The largest absolute Gasteiger partial charge is 0.497 e. The van der Waals surface area contributed by atoms with Crippen molar-refractivity contribution < 1.29 is 32.3 Å². The van der Waals surface area contributed by atoms with Crippen molar-refractivity contribution in [3.8, 4) is 11.5 Å². The van der Waals surface area contributed by atoms with Crippen LogP contribution in [0, 0.1) is 19.8 Å². The van der Waals surface area contributed by atoms with Gasteiger partial charge in [0.15, 0.2) is 10.7 Å².